The van der Waals surface area contributed by atoms with Crippen LogP contribution in [0.5, 0.6) is 0 Å². The maximum Gasteiger partial charge on any atom is 0.272 e. The molecule has 0 fully saturated rings. The van der Waals surface area contributed by atoms with Crippen molar-refractivity contribution >= 4 is 46.9 Å². The smallest absolute Gasteiger partial charge is 0.272 e. The molecule has 0 atom stereocenters. The molecule has 8 heteroatoms. The van der Waals surface area contributed by atoms with Gasteiger partial charge in [-0.3, -0.25) is 4.79 Å². The monoisotopic (exact) mass is 512 g/mol. The van der Waals surface area contributed by atoms with Crippen LogP contribution in [0, 0.1) is 27.7 Å². The molecule has 1 N–H and O–H groups in total. The normalized spacial score (nSPS) is 11.4. The van der Waals surface area contributed by atoms with Gasteiger partial charge in [-0.2, -0.15) is 5.10 Å². The molecular weight excluding hydrogens is 491 g/mol. The molecule has 4 aromatic rings. The summed E-state index contributed by atoms with van der Waals surface area (Å²) in [7, 11) is 0. The van der Waals surface area contributed by atoms with Crippen LogP contribution in [-0.4, -0.2) is 21.3 Å². The lowest BCUT2D eigenvalue weighted by Gasteiger charge is -2.11. The number of hydrogen-bond acceptors (Lipinski definition) is 2. The molecule has 1 amide bonds. The molecule has 0 bridgehead atoms. The number of benzene rings is 2. The number of rotatable bonds is 5. The number of carbonyl (C=O) groups is 1. The molecule has 0 saturated carbocycles. The fourth-order valence-electron chi connectivity index (χ4n) is 4.06. The quantitative estimate of drug-likeness (QED) is 0.222. The van der Waals surface area contributed by atoms with Crippen LogP contribution in [0.4, 0.5) is 0 Å². The Hall–Kier alpha value is -2.99. The van der Waals surface area contributed by atoms with E-state index in [-0.39, 0.29) is 5.91 Å². The van der Waals surface area contributed by atoms with Crippen LogP contribution in [0.1, 0.15) is 38.7 Å². The molecule has 2 aromatic carbocycles. The first-order valence-electron chi connectivity index (χ1n) is 10.6. The summed E-state index contributed by atoms with van der Waals surface area (Å²) in [6.07, 6.45) is 1.61. The molecule has 4 rings (SSSR count). The number of nitrogens with zero attached hydrogens (tertiary/aromatic N) is 3. The van der Waals surface area contributed by atoms with Crippen LogP contribution >= 0.6 is 34.8 Å². The first kappa shape index (κ1) is 24.1. The van der Waals surface area contributed by atoms with E-state index >= 15 is 0 Å². The second kappa shape index (κ2) is 9.71. The van der Waals surface area contributed by atoms with E-state index in [1.807, 2.05) is 68.7 Å². The van der Waals surface area contributed by atoms with Crippen molar-refractivity contribution in [3.63, 3.8) is 0 Å². The lowest BCUT2D eigenvalue weighted by atomic mass is 10.2. The molecule has 2 aromatic heterocycles. The first-order chi connectivity index (χ1) is 16.2. The average molecular weight is 514 g/mol. The molecule has 2 heterocycles. The van der Waals surface area contributed by atoms with Gasteiger partial charge < -0.3 is 9.13 Å². The van der Waals surface area contributed by atoms with Gasteiger partial charge in [-0.25, -0.2) is 5.43 Å². The molecule has 0 aliphatic carbocycles. The molecule has 174 valence electrons. The molecule has 34 heavy (non-hydrogen) atoms. The summed E-state index contributed by atoms with van der Waals surface area (Å²) in [5.74, 6) is -0.382. The zero-order valence-electron chi connectivity index (χ0n) is 19.2. The van der Waals surface area contributed by atoms with Gasteiger partial charge in [-0.1, -0.05) is 34.8 Å². The predicted molar refractivity (Wildman–Crippen MR) is 141 cm³/mol. The third-order valence-corrected chi connectivity index (χ3v) is 6.78. The summed E-state index contributed by atoms with van der Waals surface area (Å²) in [5, 5.41) is 5.50. The zero-order chi connectivity index (χ0) is 24.6. The number of carbonyl (C=O) groups excluding carboxylic acids is 1. The van der Waals surface area contributed by atoms with Gasteiger partial charge in [0.1, 0.15) is 0 Å². The van der Waals surface area contributed by atoms with Crippen molar-refractivity contribution in [3.05, 3.63) is 104 Å². The van der Waals surface area contributed by atoms with Crippen molar-refractivity contribution in [1.82, 2.24) is 14.6 Å². The van der Waals surface area contributed by atoms with Crippen molar-refractivity contribution in [1.29, 1.82) is 0 Å². The van der Waals surface area contributed by atoms with Crippen molar-refractivity contribution in [3.8, 4) is 11.4 Å². The fourth-order valence-corrected chi connectivity index (χ4v) is 4.62. The highest BCUT2D eigenvalue weighted by atomic mass is 35.5. The second-order valence-electron chi connectivity index (χ2n) is 8.08. The number of hydrazone groups is 1. The van der Waals surface area contributed by atoms with Crippen LogP contribution < -0.4 is 5.43 Å². The van der Waals surface area contributed by atoms with E-state index in [1.165, 1.54) is 0 Å². The Morgan fingerprint density at radius 1 is 0.765 bits per heavy atom. The Bertz CT molecular complexity index is 1410. The third kappa shape index (κ3) is 4.64. The highest BCUT2D eigenvalue weighted by molar-refractivity contribution is 6.42. The Balaban J connectivity index is 1.52. The minimum absolute atomic E-state index is 0.353. The van der Waals surface area contributed by atoms with Crippen LogP contribution in [0.25, 0.3) is 11.4 Å². The summed E-state index contributed by atoms with van der Waals surface area (Å²) in [4.78, 5) is 12.7. The van der Waals surface area contributed by atoms with Crippen molar-refractivity contribution < 1.29 is 4.79 Å². The van der Waals surface area contributed by atoms with E-state index in [9.17, 15) is 4.79 Å². The van der Waals surface area contributed by atoms with Crippen LogP contribution in [0.15, 0.2) is 59.7 Å². The lowest BCUT2D eigenvalue weighted by Crippen LogP contribution is -2.18. The van der Waals surface area contributed by atoms with Crippen LogP contribution in [-0.2, 0) is 0 Å². The molecule has 0 aliphatic rings. The Morgan fingerprint density at radius 3 is 2.03 bits per heavy atom. The zero-order valence-corrected chi connectivity index (χ0v) is 21.4. The first-order valence-corrected chi connectivity index (χ1v) is 11.7. The van der Waals surface area contributed by atoms with Gasteiger partial charge in [-0.05, 0) is 82.3 Å². The van der Waals surface area contributed by atoms with Crippen molar-refractivity contribution in [2.24, 2.45) is 5.10 Å². The van der Waals surface area contributed by atoms with Gasteiger partial charge in [0.25, 0.3) is 5.91 Å². The Labute approximate surface area is 213 Å². The van der Waals surface area contributed by atoms with Gasteiger partial charge in [-0.15, -0.1) is 0 Å². The van der Waals surface area contributed by atoms with E-state index < -0.39 is 0 Å². The maximum atomic E-state index is 12.7. The maximum absolute atomic E-state index is 12.7. The van der Waals surface area contributed by atoms with Crippen LogP contribution in [0.3, 0.4) is 0 Å². The topological polar surface area (TPSA) is 51.3 Å². The number of halogens is 3. The SMILES string of the molecule is Cc1ccc(C)n1-c1ccc(C(=O)N/N=C\c2cc(C)n(-c3ccc(Cl)c(Cl)c3)c2C)c(Cl)c1. The van der Waals surface area contributed by atoms with E-state index in [1.54, 1.807) is 24.4 Å². The van der Waals surface area contributed by atoms with Crippen molar-refractivity contribution in [2.45, 2.75) is 27.7 Å². The van der Waals surface area contributed by atoms with Gasteiger partial charge in [0.05, 0.1) is 26.8 Å². The summed E-state index contributed by atoms with van der Waals surface area (Å²) in [5.41, 5.74) is 9.72. The highest BCUT2D eigenvalue weighted by Gasteiger charge is 2.14. The minimum Gasteiger partial charge on any atom is -0.318 e. The molecule has 0 unspecified atom stereocenters. The number of aryl methyl sites for hydroxylation is 3. The van der Waals surface area contributed by atoms with Gasteiger partial charge in [0, 0.05) is 39.7 Å². The highest BCUT2D eigenvalue weighted by Crippen LogP contribution is 2.27. The second-order valence-corrected chi connectivity index (χ2v) is 9.30. The molecule has 0 saturated heterocycles. The van der Waals surface area contributed by atoms with Crippen molar-refractivity contribution in [2.75, 3.05) is 0 Å². The summed E-state index contributed by atoms with van der Waals surface area (Å²) in [6.45, 7) is 8.00. The van der Waals surface area contributed by atoms with E-state index in [4.69, 9.17) is 34.8 Å². The van der Waals surface area contributed by atoms with Gasteiger partial charge >= 0.3 is 0 Å². The standard InChI is InChI=1S/C26H23Cl3N4O/c1-15-5-6-16(2)32(15)20-7-9-22(24(28)12-20)26(34)31-30-14-19-11-17(3)33(18(19)4)21-8-10-23(27)25(29)13-21/h5-14H,1-4H3,(H,31,34)/b30-14-. The van der Waals surface area contributed by atoms with Crippen LogP contribution in [0.2, 0.25) is 15.1 Å². The predicted octanol–water partition coefficient (Wildman–Crippen LogP) is 7.23. The van der Waals surface area contributed by atoms with Gasteiger partial charge in [0.2, 0.25) is 0 Å². The molecule has 0 radical (unpaired) electrons. The van der Waals surface area contributed by atoms with Gasteiger partial charge in [0.15, 0.2) is 0 Å². The fraction of sp³-hybridized carbons (Fsp3) is 0.154. The summed E-state index contributed by atoms with van der Waals surface area (Å²) in [6, 6.07) is 16.9. The summed E-state index contributed by atoms with van der Waals surface area (Å²) < 4.78 is 4.13. The molecule has 5 nitrogen and oxygen atoms in total. The van der Waals surface area contributed by atoms with E-state index in [0.29, 0.717) is 20.6 Å². The largest absolute Gasteiger partial charge is 0.318 e. The Kier molecular flexibility index (Phi) is 6.89. The number of amides is 1. The van der Waals surface area contributed by atoms with E-state index in [0.717, 1.165) is 39.7 Å². The number of nitrogens with one attached hydrogen (secondary N) is 1. The number of hydrogen-bond donors (Lipinski definition) is 1. The lowest BCUT2D eigenvalue weighted by molar-refractivity contribution is 0.0955. The third-order valence-electron chi connectivity index (χ3n) is 5.73. The molecule has 0 aliphatic heterocycles. The summed E-state index contributed by atoms with van der Waals surface area (Å²) >= 11 is 18.7. The minimum atomic E-state index is -0.382. The molecular formula is C26H23Cl3N4O. The van der Waals surface area contributed by atoms with E-state index in [2.05, 4.69) is 15.1 Å². The number of aromatic nitrogens is 2. The molecule has 0 spiro atoms. The average Bonchev–Trinajstić information content (AvgIpc) is 3.27. The Morgan fingerprint density at radius 2 is 1.38 bits per heavy atom.